The maximum absolute atomic E-state index is 12.6. The standard InChI is InChI=1S/C14H14IN3O2S/c1-13(2)9(6-16)18-11(20)14(15,12(18)21-13)10(19)8-4-3-5-17-7-8/h3-5,7,9-10,12,19H,1-2H3/t9-,10+,12-,14+/m0/s1. The molecule has 2 saturated heterocycles. The van der Waals surface area contributed by atoms with Crippen LogP contribution in [0.3, 0.4) is 0 Å². The molecule has 0 aliphatic carbocycles. The Balaban J connectivity index is 1.95. The number of nitrogens with zero attached hydrogens (tertiary/aromatic N) is 3. The van der Waals surface area contributed by atoms with E-state index in [2.05, 4.69) is 11.1 Å². The summed E-state index contributed by atoms with van der Waals surface area (Å²) in [5, 5.41) is 19.8. The van der Waals surface area contributed by atoms with E-state index in [1.165, 1.54) is 0 Å². The maximum atomic E-state index is 12.6. The van der Waals surface area contributed by atoms with Gasteiger partial charge in [-0.25, -0.2) is 0 Å². The summed E-state index contributed by atoms with van der Waals surface area (Å²) in [5.74, 6) is -0.172. The van der Waals surface area contributed by atoms with E-state index in [1.54, 1.807) is 41.2 Å². The summed E-state index contributed by atoms with van der Waals surface area (Å²) in [7, 11) is 0. The van der Waals surface area contributed by atoms with Crippen molar-refractivity contribution in [3.63, 3.8) is 0 Å². The number of aliphatic hydroxyl groups is 1. The Morgan fingerprint density at radius 1 is 1.62 bits per heavy atom. The van der Waals surface area contributed by atoms with Crippen LogP contribution in [-0.2, 0) is 4.79 Å². The number of β-lactam (4-membered cyclic amide) rings is 1. The topological polar surface area (TPSA) is 77.2 Å². The van der Waals surface area contributed by atoms with Crippen LogP contribution in [0.5, 0.6) is 0 Å². The molecule has 1 aromatic heterocycles. The van der Waals surface area contributed by atoms with Gasteiger partial charge in [0.15, 0.2) is 3.42 Å². The largest absolute Gasteiger partial charge is 0.386 e. The van der Waals surface area contributed by atoms with Crippen LogP contribution >= 0.6 is 34.4 Å². The molecule has 0 radical (unpaired) electrons. The fourth-order valence-corrected chi connectivity index (χ4v) is 5.80. The molecule has 0 saturated carbocycles. The SMILES string of the molecule is CC1(C)S[C@@H]2N(C(=O)[C@]2(I)[C@H](O)c2cccnc2)[C@H]1C#N. The maximum Gasteiger partial charge on any atom is 0.246 e. The average Bonchev–Trinajstić information content (AvgIpc) is 2.75. The highest BCUT2D eigenvalue weighted by Gasteiger charge is 2.71. The normalized spacial score (nSPS) is 34.8. The molecule has 2 aliphatic rings. The zero-order valence-electron chi connectivity index (χ0n) is 11.5. The Bertz CT molecular complexity index is 633. The number of carbonyl (C=O) groups is 1. The fraction of sp³-hybridized carbons (Fsp3) is 0.500. The van der Waals surface area contributed by atoms with Gasteiger partial charge < -0.3 is 10.0 Å². The van der Waals surface area contributed by atoms with Gasteiger partial charge in [-0.05, 0) is 19.9 Å². The molecule has 5 nitrogen and oxygen atoms in total. The highest BCUT2D eigenvalue weighted by molar-refractivity contribution is 14.1. The molecule has 7 heteroatoms. The fourth-order valence-electron chi connectivity index (χ4n) is 2.88. The second-order valence-electron chi connectivity index (χ2n) is 5.77. The van der Waals surface area contributed by atoms with Crippen LogP contribution in [0.25, 0.3) is 0 Å². The number of carbonyl (C=O) groups excluding carboxylic acids is 1. The zero-order valence-corrected chi connectivity index (χ0v) is 14.5. The third-order valence-electron chi connectivity index (χ3n) is 4.05. The molecule has 2 aliphatic heterocycles. The molecule has 3 heterocycles. The van der Waals surface area contributed by atoms with Gasteiger partial charge in [0, 0.05) is 22.7 Å². The lowest BCUT2D eigenvalue weighted by molar-refractivity contribution is -0.152. The molecule has 4 atom stereocenters. The summed E-state index contributed by atoms with van der Waals surface area (Å²) in [6.45, 7) is 3.93. The number of halogens is 1. The number of aliphatic hydroxyl groups excluding tert-OH is 1. The van der Waals surface area contributed by atoms with Gasteiger partial charge in [-0.2, -0.15) is 5.26 Å². The van der Waals surface area contributed by atoms with Crippen molar-refractivity contribution < 1.29 is 9.90 Å². The first-order valence-electron chi connectivity index (χ1n) is 6.51. The lowest BCUT2D eigenvalue weighted by Crippen LogP contribution is -2.71. The van der Waals surface area contributed by atoms with Gasteiger partial charge in [-0.15, -0.1) is 11.8 Å². The van der Waals surface area contributed by atoms with Gasteiger partial charge in [-0.3, -0.25) is 9.78 Å². The Hall–Kier alpha value is -0.850. The van der Waals surface area contributed by atoms with E-state index >= 15 is 0 Å². The molecule has 0 bridgehead atoms. The molecule has 110 valence electrons. The molecule has 3 rings (SSSR count). The van der Waals surface area contributed by atoms with Gasteiger partial charge in [-0.1, -0.05) is 28.7 Å². The van der Waals surface area contributed by atoms with E-state index < -0.39 is 15.6 Å². The van der Waals surface area contributed by atoms with Crippen molar-refractivity contribution in [2.24, 2.45) is 0 Å². The van der Waals surface area contributed by atoms with Gasteiger partial charge in [0.05, 0.1) is 6.07 Å². The smallest absolute Gasteiger partial charge is 0.246 e. The van der Waals surface area contributed by atoms with Gasteiger partial charge in [0.1, 0.15) is 17.5 Å². The average molecular weight is 415 g/mol. The highest BCUT2D eigenvalue weighted by Crippen LogP contribution is 2.61. The lowest BCUT2D eigenvalue weighted by Gasteiger charge is -2.51. The minimum absolute atomic E-state index is 0.172. The van der Waals surface area contributed by atoms with Crippen molar-refractivity contribution in [3.8, 4) is 6.07 Å². The van der Waals surface area contributed by atoms with E-state index in [0.29, 0.717) is 5.56 Å². The number of hydrogen-bond acceptors (Lipinski definition) is 5. The quantitative estimate of drug-likeness (QED) is 0.454. The van der Waals surface area contributed by atoms with Crippen molar-refractivity contribution in [3.05, 3.63) is 30.1 Å². The number of amides is 1. The predicted octanol–water partition coefficient (Wildman–Crippen LogP) is 1.87. The summed E-state index contributed by atoms with van der Waals surface area (Å²) < 4.78 is -1.27. The number of thioether (sulfide) groups is 1. The number of fused-ring (bicyclic) bond motifs is 1. The Kier molecular flexibility index (Phi) is 3.46. The molecule has 0 unspecified atom stereocenters. The number of pyridine rings is 1. The van der Waals surface area contributed by atoms with E-state index in [0.717, 1.165) is 0 Å². The predicted molar refractivity (Wildman–Crippen MR) is 87.7 cm³/mol. The van der Waals surface area contributed by atoms with Crippen LogP contribution in [0.4, 0.5) is 0 Å². The Labute approximate surface area is 140 Å². The summed E-state index contributed by atoms with van der Waals surface area (Å²) in [5.41, 5.74) is 0.624. The van der Waals surface area contributed by atoms with Crippen LogP contribution in [0.2, 0.25) is 0 Å². The number of alkyl halides is 1. The van der Waals surface area contributed by atoms with Crippen LogP contribution in [0.15, 0.2) is 24.5 Å². The summed E-state index contributed by atoms with van der Waals surface area (Å²) in [4.78, 5) is 18.2. The van der Waals surface area contributed by atoms with E-state index in [1.807, 2.05) is 36.4 Å². The van der Waals surface area contributed by atoms with Crippen LogP contribution in [-0.4, -0.2) is 40.5 Å². The number of nitriles is 1. The van der Waals surface area contributed by atoms with Crippen molar-refractivity contribution in [1.82, 2.24) is 9.88 Å². The van der Waals surface area contributed by atoms with E-state index in [-0.39, 0.29) is 16.0 Å². The van der Waals surface area contributed by atoms with E-state index in [4.69, 9.17) is 0 Å². The minimum atomic E-state index is -0.936. The second-order valence-corrected chi connectivity index (χ2v) is 9.29. The number of hydrogen-bond donors (Lipinski definition) is 1. The first-order valence-corrected chi connectivity index (χ1v) is 8.47. The lowest BCUT2D eigenvalue weighted by atomic mass is 9.85. The first-order chi connectivity index (χ1) is 9.84. The third kappa shape index (κ3) is 1.92. The molecular weight excluding hydrogens is 401 g/mol. The first kappa shape index (κ1) is 15.1. The molecule has 1 aromatic rings. The highest BCUT2D eigenvalue weighted by atomic mass is 127. The van der Waals surface area contributed by atoms with Crippen molar-refractivity contribution in [1.29, 1.82) is 5.26 Å². The van der Waals surface area contributed by atoms with Crippen molar-refractivity contribution >= 4 is 40.3 Å². The summed E-state index contributed by atoms with van der Waals surface area (Å²) in [6.07, 6.45) is 2.28. The Morgan fingerprint density at radius 3 is 2.90 bits per heavy atom. The Morgan fingerprint density at radius 2 is 2.33 bits per heavy atom. The monoisotopic (exact) mass is 415 g/mol. The second kappa shape index (κ2) is 4.83. The van der Waals surface area contributed by atoms with Gasteiger partial charge in [0.25, 0.3) is 0 Å². The summed E-state index contributed by atoms with van der Waals surface area (Å²) in [6, 6.07) is 5.27. The molecule has 21 heavy (non-hydrogen) atoms. The minimum Gasteiger partial charge on any atom is -0.386 e. The van der Waals surface area contributed by atoms with Crippen LogP contribution < -0.4 is 0 Å². The van der Waals surface area contributed by atoms with Gasteiger partial charge in [0.2, 0.25) is 5.91 Å². The number of aromatic nitrogens is 1. The van der Waals surface area contributed by atoms with Gasteiger partial charge >= 0.3 is 0 Å². The van der Waals surface area contributed by atoms with E-state index in [9.17, 15) is 15.2 Å². The zero-order chi connectivity index (χ0) is 15.4. The third-order valence-corrected chi connectivity index (χ3v) is 7.76. The van der Waals surface area contributed by atoms with Crippen LogP contribution in [0.1, 0.15) is 25.5 Å². The molecule has 0 spiro atoms. The molecule has 2 fully saturated rings. The van der Waals surface area contributed by atoms with Crippen molar-refractivity contribution in [2.75, 3.05) is 0 Å². The molecule has 1 amide bonds. The molecule has 1 N–H and O–H groups in total. The molecular formula is C14H14IN3O2S. The molecule has 0 aromatic carbocycles. The van der Waals surface area contributed by atoms with Crippen LogP contribution in [0, 0.1) is 11.3 Å². The summed E-state index contributed by atoms with van der Waals surface area (Å²) >= 11 is 3.62. The van der Waals surface area contributed by atoms with Crippen molar-refractivity contribution in [2.45, 2.75) is 39.5 Å². The number of rotatable bonds is 2.